The minimum atomic E-state index is -0.285. The Morgan fingerprint density at radius 2 is 1.55 bits per heavy atom. The van der Waals surface area contributed by atoms with Gasteiger partial charge in [0.25, 0.3) is 0 Å². The predicted molar refractivity (Wildman–Crippen MR) is 115 cm³/mol. The minimum Gasteiger partial charge on any atom is -0.337 e. The number of hydrogen-bond donors (Lipinski definition) is 1. The van der Waals surface area contributed by atoms with Gasteiger partial charge in [-0.05, 0) is 47.9 Å². The van der Waals surface area contributed by atoms with E-state index in [9.17, 15) is 4.39 Å². The first-order valence-electron chi connectivity index (χ1n) is 9.14. The van der Waals surface area contributed by atoms with Gasteiger partial charge in [-0.3, -0.25) is 4.98 Å². The highest BCUT2D eigenvalue weighted by molar-refractivity contribution is 6.38. The van der Waals surface area contributed by atoms with Gasteiger partial charge in [0.15, 0.2) is 0 Å². The fourth-order valence-corrected chi connectivity index (χ4v) is 3.79. The number of nitrogens with zero attached hydrogens (tertiary/aromatic N) is 2. The molecule has 0 radical (unpaired) electrons. The van der Waals surface area contributed by atoms with Gasteiger partial charge in [-0.1, -0.05) is 41.9 Å². The zero-order chi connectivity index (χ0) is 19.8. The summed E-state index contributed by atoms with van der Waals surface area (Å²) in [5, 5.41) is 2.68. The summed E-state index contributed by atoms with van der Waals surface area (Å²) < 4.78 is 13.4. The number of halogens is 2. The number of rotatable bonds is 3. The first kappa shape index (κ1) is 17.6. The molecule has 0 aliphatic rings. The summed E-state index contributed by atoms with van der Waals surface area (Å²) in [4.78, 5) is 12.4. The number of hydrogen-bond acceptors (Lipinski definition) is 2. The zero-order valence-electron chi connectivity index (χ0n) is 15.2. The van der Waals surface area contributed by atoms with Crippen LogP contribution in [0, 0.1) is 5.82 Å². The van der Waals surface area contributed by atoms with Crippen molar-refractivity contribution in [3.63, 3.8) is 0 Å². The number of H-pyrrole nitrogens is 1. The van der Waals surface area contributed by atoms with Gasteiger partial charge in [-0.2, -0.15) is 0 Å². The molecule has 3 aromatic carbocycles. The van der Waals surface area contributed by atoms with E-state index in [1.54, 1.807) is 24.5 Å². The number of aromatic nitrogens is 3. The van der Waals surface area contributed by atoms with Crippen LogP contribution in [0.1, 0.15) is 0 Å². The highest BCUT2D eigenvalue weighted by Crippen LogP contribution is 2.37. The summed E-state index contributed by atoms with van der Waals surface area (Å²) in [7, 11) is 0. The van der Waals surface area contributed by atoms with E-state index in [4.69, 9.17) is 16.6 Å². The Morgan fingerprint density at radius 1 is 0.793 bits per heavy atom. The van der Waals surface area contributed by atoms with E-state index in [0.717, 1.165) is 38.9 Å². The predicted octanol–water partition coefficient (Wildman–Crippen LogP) is 6.75. The molecule has 0 aliphatic heterocycles. The molecule has 0 saturated carbocycles. The van der Waals surface area contributed by atoms with Gasteiger partial charge in [0, 0.05) is 34.5 Å². The van der Waals surface area contributed by atoms with E-state index in [-0.39, 0.29) is 5.82 Å². The molecule has 0 fully saturated rings. The number of nitrogens with one attached hydrogen (secondary N) is 1. The van der Waals surface area contributed by atoms with E-state index in [1.165, 1.54) is 12.1 Å². The molecule has 5 rings (SSSR count). The molecule has 0 amide bonds. The third-order valence-electron chi connectivity index (χ3n) is 4.91. The number of benzene rings is 3. The second kappa shape index (κ2) is 7.15. The molecule has 0 aliphatic carbocycles. The molecule has 2 aromatic heterocycles. The lowest BCUT2D eigenvalue weighted by Gasteiger charge is -2.05. The molecule has 0 saturated heterocycles. The molecular formula is C24H15ClFN3. The van der Waals surface area contributed by atoms with Crippen molar-refractivity contribution in [2.45, 2.75) is 0 Å². The summed E-state index contributed by atoms with van der Waals surface area (Å²) in [6, 6.07) is 22.1. The van der Waals surface area contributed by atoms with E-state index in [2.05, 4.69) is 9.97 Å². The van der Waals surface area contributed by atoms with E-state index >= 15 is 0 Å². The van der Waals surface area contributed by atoms with Gasteiger partial charge in [0.2, 0.25) is 0 Å². The van der Waals surface area contributed by atoms with Gasteiger partial charge in [-0.15, -0.1) is 0 Å². The van der Waals surface area contributed by atoms with Crippen LogP contribution < -0.4 is 0 Å². The maximum atomic E-state index is 13.4. The lowest BCUT2D eigenvalue weighted by molar-refractivity contribution is 0.628. The molecular weight excluding hydrogens is 385 g/mol. The van der Waals surface area contributed by atoms with Crippen LogP contribution in [0.5, 0.6) is 0 Å². The second-order valence-corrected chi connectivity index (χ2v) is 7.08. The molecule has 5 aromatic rings. The SMILES string of the molecule is Fc1ccc(-c2nc(-c3ccc4ccccc4c3Cl)[nH]c2-c2ccncc2)cc1. The van der Waals surface area contributed by atoms with Crippen LogP contribution in [0.25, 0.3) is 44.7 Å². The van der Waals surface area contributed by atoms with Crippen molar-refractivity contribution in [1.29, 1.82) is 0 Å². The van der Waals surface area contributed by atoms with Crippen LogP contribution in [0.4, 0.5) is 4.39 Å². The largest absolute Gasteiger partial charge is 0.337 e. The Balaban J connectivity index is 1.73. The van der Waals surface area contributed by atoms with E-state index in [1.807, 2.05) is 48.5 Å². The molecule has 0 atom stereocenters. The summed E-state index contributed by atoms with van der Waals surface area (Å²) >= 11 is 6.73. The number of aromatic amines is 1. The monoisotopic (exact) mass is 399 g/mol. The summed E-state index contributed by atoms with van der Waals surface area (Å²) in [6.07, 6.45) is 3.46. The van der Waals surface area contributed by atoms with Crippen LogP contribution >= 0.6 is 11.6 Å². The molecule has 1 N–H and O–H groups in total. The molecule has 3 nitrogen and oxygen atoms in total. The summed E-state index contributed by atoms with van der Waals surface area (Å²) in [5.74, 6) is 0.374. The molecule has 140 valence electrons. The van der Waals surface area contributed by atoms with Crippen molar-refractivity contribution >= 4 is 22.4 Å². The average molecular weight is 400 g/mol. The van der Waals surface area contributed by atoms with Crippen LogP contribution in [0.15, 0.2) is 85.2 Å². The summed E-state index contributed by atoms with van der Waals surface area (Å²) in [6.45, 7) is 0. The quantitative estimate of drug-likeness (QED) is 0.364. The Labute approximate surface area is 171 Å². The molecule has 0 unspecified atom stereocenters. The standard InChI is InChI=1S/C24H15ClFN3/c25-21-19-4-2-1-3-15(19)7-10-20(21)24-28-22(16-5-8-18(26)9-6-16)23(29-24)17-11-13-27-14-12-17/h1-14H,(H,28,29). The van der Waals surface area contributed by atoms with E-state index < -0.39 is 0 Å². The number of imidazole rings is 1. The van der Waals surface area contributed by atoms with E-state index in [0.29, 0.717) is 10.8 Å². The lowest BCUT2D eigenvalue weighted by Crippen LogP contribution is -1.85. The van der Waals surface area contributed by atoms with Crippen LogP contribution in [0.3, 0.4) is 0 Å². The number of fused-ring (bicyclic) bond motifs is 1. The third-order valence-corrected chi connectivity index (χ3v) is 5.32. The molecule has 0 spiro atoms. The molecule has 29 heavy (non-hydrogen) atoms. The fourth-order valence-electron chi connectivity index (χ4n) is 3.46. The highest BCUT2D eigenvalue weighted by Gasteiger charge is 2.17. The normalized spacial score (nSPS) is 11.1. The van der Waals surface area contributed by atoms with Crippen molar-refractivity contribution in [2.24, 2.45) is 0 Å². The lowest BCUT2D eigenvalue weighted by atomic mass is 10.1. The Hall–Kier alpha value is -3.50. The molecule has 0 bridgehead atoms. The number of pyridine rings is 1. The van der Waals surface area contributed by atoms with Gasteiger partial charge < -0.3 is 4.98 Å². The molecule has 2 heterocycles. The van der Waals surface area contributed by atoms with Gasteiger partial charge >= 0.3 is 0 Å². The first-order chi connectivity index (χ1) is 14.2. The summed E-state index contributed by atoms with van der Waals surface area (Å²) in [5.41, 5.74) is 4.13. The second-order valence-electron chi connectivity index (χ2n) is 6.70. The van der Waals surface area contributed by atoms with Crippen molar-refractivity contribution < 1.29 is 4.39 Å². The highest BCUT2D eigenvalue weighted by atomic mass is 35.5. The molecule has 5 heteroatoms. The van der Waals surface area contributed by atoms with Crippen LogP contribution in [0.2, 0.25) is 5.02 Å². The smallest absolute Gasteiger partial charge is 0.140 e. The fraction of sp³-hybridized carbons (Fsp3) is 0. The third kappa shape index (κ3) is 3.18. The van der Waals surface area contributed by atoms with Gasteiger partial charge in [0.1, 0.15) is 11.6 Å². The van der Waals surface area contributed by atoms with Crippen molar-refractivity contribution in [1.82, 2.24) is 15.0 Å². The first-order valence-corrected chi connectivity index (χ1v) is 9.52. The Kier molecular flexibility index (Phi) is 4.34. The maximum Gasteiger partial charge on any atom is 0.140 e. The van der Waals surface area contributed by atoms with Crippen molar-refractivity contribution in [3.8, 4) is 33.9 Å². The Bertz CT molecular complexity index is 1310. The van der Waals surface area contributed by atoms with Gasteiger partial charge in [0.05, 0.1) is 16.4 Å². The average Bonchev–Trinajstić information content (AvgIpc) is 3.20. The minimum absolute atomic E-state index is 0.285. The van der Waals surface area contributed by atoms with Crippen LogP contribution in [-0.4, -0.2) is 15.0 Å². The topological polar surface area (TPSA) is 41.6 Å². The van der Waals surface area contributed by atoms with Crippen molar-refractivity contribution in [3.05, 3.63) is 96.0 Å². The zero-order valence-corrected chi connectivity index (χ0v) is 16.0. The van der Waals surface area contributed by atoms with Crippen LogP contribution in [-0.2, 0) is 0 Å². The van der Waals surface area contributed by atoms with Gasteiger partial charge in [-0.25, -0.2) is 9.37 Å². The van der Waals surface area contributed by atoms with Crippen molar-refractivity contribution in [2.75, 3.05) is 0 Å². The Morgan fingerprint density at radius 3 is 2.34 bits per heavy atom. The maximum absolute atomic E-state index is 13.4.